The van der Waals surface area contributed by atoms with Gasteiger partial charge < -0.3 is 9.47 Å². The molecule has 0 aliphatic carbocycles. The maximum atomic E-state index is 12.5. The molecule has 3 heterocycles. The number of carbonyl (C=O) groups excluding carboxylic acids is 1. The number of amides is 1. The molecule has 1 unspecified atom stereocenters. The van der Waals surface area contributed by atoms with Gasteiger partial charge in [0.05, 0.1) is 0 Å². The fourth-order valence-electron chi connectivity index (χ4n) is 3.11. The molecule has 2 aromatic rings. The summed E-state index contributed by atoms with van der Waals surface area (Å²) in [6, 6.07) is 5.15. The van der Waals surface area contributed by atoms with Crippen LogP contribution in [0.15, 0.2) is 29.3 Å². The van der Waals surface area contributed by atoms with Gasteiger partial charge in [-0.3, -0.25) is 14.7 Å². The number of aromatic nitrogens is 4. The Bertz CT molecular complexity index is 722. The molecule has 1 N–H and O–H groups in total. The molecule has 3 rings (SSSR count). The number of carbonyl (C=O) groups is 1. The number of nitrogens with one attached hydrogen (secondary N) is 1. The Morgan fingerprint density at radius 2 is 2.30 bits per heavy atom. The van der Waals surface area contributed by atoms with Gasteiger partial charge in [-0.2, -0.15) is 5.10 Å². The molecule has 0 spiro atoms. The van der Waals surface area contributed by atoms with E-state index < -0.39 is 0 Å². The third-order valence-electron chi connectivity index (χ3n) is 4.41. The summed E-state index contributed by atoms with van der Waals surface area (Å²) >= 11 is 0. The average Bonchev–Trinajstić information content (AvgIpc) is 3.09. The van der Waals surface area contributed by atoms with Gasteiger partial charge in [-0.15, -0.1) is 0 Å². The molecule has 7 heteroatoms. The highest BCUT2D eigenvalue weighted by atomic mass is 16.2. The van der Waals surface area contributed by atoms with Crippen LogP contribution < -0.4 is 5.56 Å². The molecule has 0 bridgehead atoms. The number of likely N-dealkylation sites (tertiary alicyclic amines) is 1. The second kappa shape index (κ2) is 6.76. The van der Waals surface area contributed by atoms with Crippen molar-refractivity contribution in [1.29, 1.82) is 0 Å². The number of H-pyrrole nitrogens is 1. The number of aryl methyl sites for hydroxylation is 1. The van der Waals surface area contributed by atoms with Gasteiger partial charge in [0, 0.05) is 43.7 Å². The Balaban J connectivity index is 1.61. The van der Waals surface area contributed by atoms with Crippen LogP contribution in [0.3, 0.4) is 0 Å². The van der Waals surface area contributed by atoms with Crippen LogP contribution in [0.2, 0.25) is 0 Å². The molecule has 23 heavy (non-hydrogen) atoms. The number of aromatic amines is 1. The van der Waals surface area contributed by atoms with E-state index in [2.05, 4.69) is 15.2 Å². The SMILES string of the molecule is Cc1cccc(=O)n1CCC(=O)N1CCCC(c2ncn[nH]2)C1. The van der Waals surface area contributed by atoms with Crippen molar-refractivity contribution in [3.8, 4) is 0 Å². The molecular weight excluding hydrogens is 294 g/mol. The molecule has 1 fully saturated rings. The van der Waals surface area contributed by atoms with Crippen LogP contribution in [0.5, 0.6) is 0 Å². The first-order valence-electron chi connectivity index (χ1n) is 7.94. The standard InChI is InChI=1S/C16H21N5O2/c1-12-4-2-6-15(23)21(12)9-7-14(22)20-8-3-5-13(10-20)16-17-11-18-19-16/h2,4,6,11,13H,3,5,7-10H2,1H3,(H,17,18,19). The van der Waals surface area contributed by atoms with E-state index in [9.17, 15) is 9.59 Å². The molecule has 0 saturated carbocycles. The summed E-state index contributed by atoms with van der Waals surface area (Å²) in [5.41, 5.74) is 0.819. The Hall–Kier alpha value is -2.44. The van der Waals surface area contributed by atoms with E-state index in [0.717, 1.165) is 30.9 Å². The fourth-order valence-corrected chi connectivity index (χ4v) is 3.11. The van der Waals surface area contributed by atoms with Crippen molar-refractivity contribution in [2.75, 3.05) is 13.1 Å². The van der Waals surface area contributed by atoms with Crippen LogP contribution >= 0.6 is 0 Å². The van der Waals surface area contributed by atoms with Crippen LogP contribution in [0.4, 0.5) is 0 Å². The number of piperidine rings is 1. The summed E-state index contributed by atoms with van der Waals surface area (Å²) in [5, 5.41) is 6.78. The van der Waals surface area contributed by atoms with Crippen molar-refractivity contribution < 1.29 is 4.79 Å². The first-order chi connectivity index (χ1) is 11.1. The molecule has 7 nitrogen and oxygen atoms in total. The lowest BCUT2D eigenvalue weighted by Gasteiger charge is -2.31. The molecule has 1 aliphatic heterocycles. The molecule has 1 saturated heterocycles. The summed E-state index contributed by atoms with van der Waals surface area (Å²) in [7, 11) is 0. The number of pyridine rings is 1. The predicted molar refractivity (Wildman–Crippen MR) is 85.0 cm³/mol. The molecule has 1 aliphatic rings. The van der Waals surface area contributed by atoms with Crippen molar-refractivity contribution in [2.45, 2.75) is 38.6 Å². The maximum Gasteiger partial charge on any atom is 0.250 e. The normalized spacial score (nSPS) is 18.1. The largest absolute Gasteiger partial charge is 0.342 e. The van der Waals surface area contributed by atoms with Gasteiger partial charge in [0.2, 0.25) is 5.91 Å². The fraction of sp³-hybridized carbons (Fsp3) is 0.500. The van der Waals surface area contributed by atoms with Gasteiger partial charge >= 0.3 is 0 Å². The monoisotopic (exact) mass is 315 g/mol. The van der Waals surface area contributed by atoms with E-state index in [4.69, 9.17) is 0 Å². The lowest BCUT2D eigenvalue weighted by Crippen LogP contribution is -2.40. The molecular formula is C16H21N5O2. The number of nitrogens with zero attached hydrogens (tertiary/aromatic N) is 4. The second-order valence-corrected chi connectivity index (χ2v) is 5.96. The smallest absolute Gasteiger partial charge is 0.250 e. The first kappa shape index (κ1) is 15.5. The summed E-state index contributed by atoms with van der Waals surface area (Å²) in [4.78, 5) is 30.4. The molecule has 0 radical (unpaired) electrons. The van der Waals surface area contributed by atoms with E-state index in [1.807, 2.05) is 17.9 Å². The highest BCUT2D eigenvalue weighted by molar-refractivity contribution is 5.76. The van der Waals surface area contributed by atoms with Crippen molar-refractivity contribution in [2.24, 2.45) is 0 Å². The maximum absolute atomic E-state index is 12.5. The van der Waals surface area contributed by atoms with Crippen LogP contribution in [0.1, 0.15) is 36.7 Å². The predicted octanol–water partition coefficient (Wildman–Crippen LogP) is 1.07. The van der Waals surface area contributed by atoms with Crippen LogP contribution in [-0.4, -0.2) is 43.6 Å². The lowest BCUT2D eigenvalue weighted by molar-refractivity contribution is -0.132. The Morgan fingerprint density at radius 1 is 1.43 bits per heavy atom. The second-order valence-electron chi connectivity index (χ2n) is 5.96. The molecule has 1 amide bonds. The molecule has 2 aromatic heterocycles. The zero-order valence-electron chi connectivity index (χ0n) is 13.2. The minimum atomic E-state index is -0.0593. The van der Waals surface area contributed by atoms with Crippen LogP contribution in [0, 0.1) is 6.92 Å². The topological polar surface area (TPSA) is 83.9 Å². The minimum Gasteiger partial charge on any atom is -0.342 e. The Kier molecular flexibility index (Phi) is 4.55. The van der Waals surface area contributed by atoms with Gasteiger partial charge in [-0.05, 0) is 25.8 Å². The zero-order chi connectivity index (χ0) is 16.2. The van der Waals surface area contributed by atoms with Crippen molar-refractivity contribution in [1.82, 2.24) is 24.6 Å². The number of rotatable bonds is 4. The van der Waals surface area contributed by atoms with E-state index in [-0.39, 0.29) is 17.4 Å². The zero-order valence-corrected chi connectivity index (χ0v) is 13.2. The van der Waals surface area contributed by atoms with Gasteiger partial charge in [-0.25, -0.2) is 4.98 Å². The Morgan fingerprint density at radius 3 is 3.04 bits per heavy atom. The van der Waals surface area contributed by atoms with Crippen molar-refractivity contribution >= 4 is 5.91 Å². The van der Waals surface area contributed by atoms with E-state index >= 15 is 0 Å². The van der Waals surface area contributed by atoms with E-state index in [1.54, 1.807) is 10.6 Å². The average molecular weight is 315 g/mol. The third-order valence-corrected chi connectivity index (χ3v) is 4.41. The first-order valence-corrected chi connectivity index (χ1v) is 7.94. The third kappa shape index (κ3) is 3.49. The molecule has 122 valence electrons. The highest BCUT2D eigenvalue weighted by Gasteiger charge is 2.26. The number of hydrogen-bond acceptors (Lipinski definition) is 4. The summed E-state index contributed by atoms with van der Waals surface area (Å²) < 4.78 is 1.65. The van der Waals surface area contributed by atoms with Crippen molar-refractivity contribution in [3.05, 3.63) is 46.4 Å². The summed E-state index contributed by atoms with van der Waals surface area (Å²) in [6.07, 6.45) is 3.81. The quantitative estimate of drug-likeness (QED) is 0.915. The molecule has 0 aromatic carbocycles. The summed E-state index contributed by atoms with van der Waals surface area (Å²) in [6.45, 7) is 3.74. The van der Waals surface area contributed by atoms with Gasteiger partial charge in [0.15, 0.2) is 0 Å². The van der Waals surface area contributed by atoms with Crippen molar-refractivity contribution in [3.63, 3.8) is 0 Å². The van der Waals surface area contributed by atoms with Gasteiger partial charge in [-0.1, -0.05) is 6.07 Å². The lowest BCUT2D eigenvalue weighted by atomic mass is 9.97. The van der Waals surface area contributed by atoms with Crippen LogP contribution in [-0.2, 0) is 11.3 Å². The minimum absolute atomic E-state index is 0.0593. The summed E-state index contributed by atoms with van der Waals surface area (Å²) in [5.74, 6) is 1.15. The van der Waals surface area contributed by atoms with Gasteiger partial charge in [0.1, 0.15) is 12.2 Å². The molecule has 1 atom stereocenters. The Labute approximate surface area is 134 Å². The van der Waals surface area contributed by atoms with Gasteiger partial charge in [0.25, 0.3) is 5.56 Å². The van der Waals surface area contributed by atoms with E-state index in [1.165, 1.54) is 12.4 Å². The van der Waals surface area contributed by atoms with E-state index in [0.29, 0.717) is 19.5 Å². The number of hydrogen-bond donors (Lipinski definition) is 1. The van der Waals surface area contributed by atoms with Crippen LogP contribution in [0.25, 0.3) is 0 Å². The highest BCUT2D eigenvalue weighted by Crippen LogP contribution is 2.24.